The van der Waals surface area contributed by atoms with Crippen LogP contribution >= 0.6 is 0 Å². The van der Waals surface area contributed by atoms with Crippen LogP contribution in [0.1, 0.15) is 45.6 Å². The van der Waals surface area contributed by atoms with Gasteiger partial charge in [-0.1, -0.05) is 85.8 Å². The lowest BCUT2D eigenvalue weighted by Crippen LogP contribution is -2.28. The van der Waals surface area contributed by atoms with Crippen LogP contribution in [0.4, 0.5) is 0 Å². The molecule has 34 heavy (non-hydrogen) atoms. The molecule has 0 spiro atoms. The fraction of sp³-hybridized carbons (Fsp3) is 0.233. The molecule has 0 bridgehead atoms. The van der Waals surface area contributed by atoms with E-state index in [2.05, 4.69) is 54.3 Å². The number of carbonyl (C=O) groups excluding carboxylic acids is 1. The van der Waals surface area contributed by atoms with Crippen molar-refractivity contribution >= 4 is 16.7 Å². The predicted molar refractivity (Wildman–Crippen MR) is 136 cm³/mol. The zero-order valence-corrected chi connectivity index (χ0v) is 19.5. The van der Waals surface area contributed by atoms with Crippen LogP contribution in [0.15, 0.2) is 91.0 Å². The number of rotatable bonds is 8. The Morgan fingerprint density at radius 3 is 2.35 bits per heavy atom. The summed E-state index contributed by atoms with van der Waals surface area (Å²) in [5.74, 6) is 0.0898. The fourth-order valence-corrected chi connectivity index (χ4v) is 4.76. The molecular formula is C30H30N2O2. The van der Waals surface area contributed by atoms with E-state index >= 15 is 0 Å². The highest BCUT2D eigenvalue weighted by Crippen LogP contribution is 2.25. The van der Waals surface area contributed by atoms with E-state index in [1.165, 1.54) is 16.3 Å². The Bertz CT molecular complexity index is 1300. The third-order valence-corrected chi connectivity index (χ3v) is 6.73. The van der Waals surface area contributed by atoms with Crippen LogP contribution in [0.2, 0.25) is 0 Å². The summed E-state index contributed by atoms with van der Waals surface area (Å²) in [6.45, 7) is 5.59. The van der Waals surface area contributed by atoms with Gasteiger partial charge in [0.15, 0.2) is 0 Å². The van der Waals surface area contributed by atoms with Gasteiger partial charge in [-0.25, -0.2) is 0 Å². The second-order valence-corrected chi connectivity index (χ2v) is 9.08. The largest absolute Gasteiger partial charge is 0.387 e. The van der Waals surface area contributed by atoms with Gasteiger partial charge in [0.1, 0.15) is 0 Å². The molecule has 1 atom stereocenters. The average Bonchev–Trinajstić information content (AvgIpc) is 3.19. The van der Waals surface area contributed by atoms with Gasteiger partial charge in [0.05, 0.1) is 6.10 Å². The molecule has 0 fully saturated rings. The van der Waals surface area contributed by atoms with E-state index in [0.29, 0.717) is 19.6 Å². The fourth-order valence-electron chi connectivity index (χ4n) is 4.76. The highest BCUT2D eigenvalue weighted by atomic mass is 16.3. The summed E-state index contributed by atoms with van der Waals surface area (Å²) in [4.78, 5) is 16.8. The molecule has 1 N–H and O–H groups in total. The molecule has 172 valence electrons. The molecule has 4 heteroatoms. The Kier molecular flexibility index (Phi) is 6.43. The van der Waals surface area contributed by atoms with Gasteiger partial charge in [-0.15, -0.1) is 0 Å². The number of carbonyl (C=O) groups is 1. The monoisotopic (exact) mass is 450 g/mol. The minimum Gasteiger partial charge on any atom is -0.387 e. The lowest BCUT2D eigenvalue weighted by atomic mass is 10.0. The smallest absolute Gasteiger partial charge is 0.254 e. The summed E-state index contributed by atoms with van der Waals surface area (Å²) in [6, 6.07) is 30.8. The lowest BCUT2D eigenvalue weighted by Gasteiger charge is -2.24. The van der Waals surface area contributed by atoms with Crippen LogP contribution in [0.25, 0.3) is 10.8 Å². The van der Waals surface area contributed by atoms with Crippen molar-refractivity contribution in [2.24, 2.45) is 0 Å². The molecule has 0 aliphatic carbocycles. The van der Waals surface area contributed by atoms with Gasteiger partial charge < -0.3 is 10.0 Å². The highest BCUT2D eigenvalue weighted by molar-refractivity contribution is 5.98. The summed E-state index contributed by atoms with van der Waals surface area (Å²) in [5.41, 5.74) is 5.11. The number of fused-ring (bicyclic) bond motifs is 2. The molecule has 5 rings (SSSR count). The second-order valence-electron chi connectivity index (χ2n) is 9.08. The normalized spacial score (nSPS) is 14.1. The topological polar surface area (TPSA) is 43.8 Å². The summed E-state index contributed by atoms with van der Waals surface area (Å²) in [6.07, 6.45) is -0.563. The van der Waals surface area contributed by atoms with Crippen molar-refractivity contribution < 1.29 is 9.90 Å². The van der Waals surface area contributed by atoms with Gasteiger partial charge in [0, 0.05) is 31.7 Å². The first-order valence-corrected chi connectivity index (χ1v) is 11.9. The Balaban J connectivity index is 1.20. The molecule has 1 unspecified atom stereocenters. The van der Waals surface area contributed by atoms with E-state index < -0.39 is 6.10 Å². The third-order valence-electron chi connectivity index (χ3n) is 6.73. The minimum absolute atomic E-state index is 0.0898. The van der Waals surface area contributed by atoms with Gasteiger partial charge in [0.2, 0.25) is 0 Å². The molecular weight excluding hydrogens is 420 g/mol. The zero-order chi connectivity index (χ0) is 23.5. The number of nitrogens with zero attached hydrogens (tertiary/aromatic N) is 2. The SMILES string of the molecule is CCN(Cc1ccc2ccccc2c1)CC(O)c1ccc(CN2Cc3ccccc3C2=O)cc1. The first kappa shape index (κ1) is 22.3. The number of likely N-dealkylation sites (N-methyl/N-ethyl adjacent to an activating group) is 1. The molecule has 0 radical (unpaired) electrons. The predicted octanol–water partition coefficient (Wildman–Crippen LogP) is 5.55. The number of aliphatic hydroxyl groups excluding tert-OH is 1. The molecule has 4 aromatic rings. The van der Waals surface area contributed by atoms with Crippen molar-refractivity contribution in [1.82, 2.24) is 9.80 Å². The van der Waals surface area contributed by atoms with Crippen LogP contribution in [0.3, 0.4) is 0 Å². The van der Waals surface area contributed by atoms with E-state index in [0.717, 1.165) is 35.3 Å². The van der Waals surface area contributed by atoms with Gasteiger partial charge in [0.25, 0.3) is 5.91 Å². The summed E-state index contributed by atoms with van der Waals surface area (Å²) >= 11 is 0. The van der Waals surface area contributed by atoms with Crippen LogP contribution in [0.5, 0.6) is 0 Å². The van der Waals surface area contributed by atoms with Gasteiger partial charge in [-0.3, -0.25) is 9.69 Å². The van der Waals surface area contributed by atoms with Crippen molar-refractivity contribution in [1.29, 1.82) is 0 Å². The maximum absolute atomic E-state index is 12.6. The van der Waals surface area contributed by atoms with E-state index in [1.807, 2.05) is 53.4 Å². The van der Waals surface area contributed by atoms with Crippen molar-refractivity contribution in [3.8, 4) is 0 Å². The van der Waals surface area contributed by atoms with Crippen LogP contribution in [-0.2, 0) is 19.6 Å². The number of aliphatic hydroxyl groups is 1. The number of benzene rings is 4. The van der Waals surface area contributed by atoms with E-state index in [-0.39, 0.29) is 5.91 Å². The van der Waals surface area contributed by atoms with Crippen LogP contribution in [0, 0.1) is 0 Å². The lowest BCUT2D eigenvalue weighted by molar-refractivity contribution is 0.0766. The molecule has 4 nitrogen and oxygen atoms in total. The summed E-state index contributed by atoms with van der Waals surface area (Å²) in [5, 5.41) is 13.4. The summed E-state index contributed by atoms with van der Waals surface area (Å²) < 4.78 is 0. The molecule has 0 aromatic heterocycles. The van der Waals surface area contributed by atoms with E-state index in [1.54, 1.807) is 0 Å². The molecule has 0 saturated carbocycles. The average molecular weight is 451 g/mol. The van der Waals surface area contributed by atoms with Gasteiger partial charge in [-0.2, -0.15) is 0 Å². The maximum atomic E-state index is 12.6. The molecule has 1 aliphatic heterocycles. The molecule has 0 saturated heterocycles. The third kappa shape index (κ3) is 4.74. The standard InChI is InChI=1S/C30H30N2O2/c1-2-31(18-23-13-14-24-7-3-4-8-26(24)17-23)21-29(33)25-15-11-22(12-16-25)19-32-20-27-9-5-6-10-28(27)30(32)34/h3-17,29,33H,2,18-21H2,1H3. The van der Waals surface area contributed by atoms with Crippen LogP contribution in [-0.4, -0.2) is 33.9 Å². The minimum atomic E-state index is -0.563. The first-order chi connectivity index (χ1) is 16.6. The Labute approximate surface area is 201 Å². The number of hydrogen-bond acceptors (Lipinski definition) is 3. The van der Waals surface area contributed by atoms with E-state index in [9.17, 15) is 9.90 Å². The Morgan fingerprint density at radius 2 is 1.59 bits per heavy atom. The molecule has 1 heterocycles. The Hall–Kier alpha value is -3.47. The van der Waals surface area contributed by atoms with Crippen molar-refractivity contribution in [2.75, 3.05) is 13.1 Å². The molecule has 1 aliphatic rings. The molecule has 4 aromatic carbocycles. The summed E-state index contributed by atoms with van der Waals surface area (Å²) in [7, 11) is 0. The quantitative estimate of drug-likeness (QED) is 0.383. The Morgan fingerprint density at radius 1 is 0.882 bits per heavy atom. The molecule has 1 amide bonds. The number of amides is 1. The van der Waals surface area contributed by atoms with Gasteiger partial charge >= 0.3 is 0 Å². The number of hydrogen-bond donors (Lipinski definition) is 1. The first-order valence-electron chi connectivity index (χ1n) is 11.9. The van der Waals surface area contributed by atoms with Crippen molar-refractivity contribution in [3.63, 3.8) is 0 Å². The van der Waals surface area contributed by atoms with Crippen molar-refractivity contribution in [3.05, 3.63) is 119 Å². The van der Waals surface area contributed by atoms with Crippen molar-refractivity contribution in [2.45, 2.75) is 32.7 Å². The second kappa shape index (κ2) is 9.80. The van der Waals surface area contributed by atoms with Gasteiger partial charge in [-0.05, 0) is 51.7 Å². The zero-order valence-electron chi connectivity index (χ0n) is 19.5. The maximum Gasteiger partial charge on any atom is 0.254 e. The van der Waals surface area contributed by atoms with E-state index in [4.69, 9.17) is 0 Å². The van der Waals surface area contributed by atoms with Crippen LogP contribution < -0.4 is 0 Å². The highest BCUT2D eigenvalue weighted by Gasteiger charge is 2.26.